The Kier molecular flexibility index (Phi) is 4.05. The summed E-state index contributed by atoms with van der Waals surface area (Å²) in [7, 11) is 1.51. The summed E-state index contributed by atoms with van der Waals surface area (Å²) in [6.07, 6.45) is 0.779. The minimum absolute atomic E-state index is 0.235. The van der Waals surface area contributed by atoms with Gasteiger partial charge in [0.15, 0.2) is 0 Å². The first-order valence-corrected chi connectivity index (χ1v) is 7.13. The minimum Gasteiger partial charge on any atom is -0.468 e. The molecule has 0 atom stereocenters. The number of para-hydroxylation sites is 2. The number of hydrogen-bond acceptors (Lipinski definition) is 3. The molecule has 5 heteroatoms. The molecule has 5 nitrogen and oxygen atoms in total. The van der Waals surface area contributed by atoms with Gasteiger partial charge < -0.3 is 10.1 Å². The van der Waals surface area contributed by atoms with E-state index in [1.807, 2.05) is 54.6 Å². The fourth-order valence-electron chi connectivity index (χ4n) is 2.37. The predicted octanol–water partition coefficient (Wildman–Crippen LogP) is 2.85. The molecule has 0 radical (unpaired) electrons. The Bertz CT molecular complexity index is 781. The molecule has 1 N–H and O–H groups in total. The molecule has 1 heterocycles. The van der Waals surface area contributed by atoms with Crippen LogP contribution >= 0.6 is 0 Å². The monoisotopic (exact) mass is 295 g/mol. The van der Waals surface area contributed by atoms with E-state index in [4.69, 9.17) is 4.74 Å². The third kappa shape index (κ3) is 2.79. The second-order valence-corrected chi connectivity index (χ2v) is 4.89. The van der Waals surface area contributed by atoms with Crippen molar-refractivity contribution in [2.75, 3.05) is 13.7 Å². The number of amides is 1. The zero-order valence-electron chi connectivity index (χ0n) is 12.3. The fraction of sp³-hybridized carbons (Fsp3) is 0.176. The van der Waals surface area contributed by atoms with Gasteiger partial charge in [-0.3, -0.25) is 0 Å². The van der Waals surface area contributed by atoms with E-state index in [0.29, 0.717) is 12.6 Å². The first-order chi connectivity index (χ1) is 10.8. The summed E-state index contributed by atoms with van der Waals surface area (Å²) in [5.41, 5.74) is 2.65. The van der Waals surface area contributed by atoms with Gasteiger partial charge >= 0.3 is 12.0 Å². The first-order valence-electron chi connectivity index (χ1n) is 7.13. The van der Waals surface area contributed by atoms with E-state index in [1.165, 1.54) is 17.2 Å². The van der Waals surface area contributed by atoms with Crippen molar-refractivity contribution in [2.24, 2.45) is 0 Å². The van der Waals surface area contributed by atoms with Gasteiger partial charge in [-0.25, -0.2) is 9.36 Å². The van der Waals surface area contributed by atoms with Crippen LogP contribution in [0.1, 0.15) is 5.56 Å². The van der Waals surface area contributed by atoms with Crippen molar-refractivity contribution in [1.82, 2.24) is 14.9 Å². The number of methoxy groups -OCH3 is 1. The number of carbonyl (C=O) groups is 1. The lowest BCUT2D eigenvalue weighted by molar-refractivity contribution is 0.239. The Morgan fingerprint density at radius 2 is 1.86 bits per heavy atom. The third-order valence-electron chi connectivity index (χ3n) is 3.45. The molecule has 2 aromatic carbocycles. The van der Waals surface area contributed by atoms with Crippen LogP contribution in [0.2, 0.25) is 0 Å². The summed E-state index contributed by atoms with van der Waals surface area (Å²) in [5.74, 6) is 0. The van der Waals surface area contributed by atoms with Crippen molar-refractivity contribution < 1.29 is 9.53 Å². The van der Waals surface area contributed by atoms with Crippen LogP contribution in [0.15, 0.2) is 54.6 Å². The molecule has 0 unspecified atom stereocenters. The number of rotatable bonds is 4. The zero-order valence-corrected chi connectivity index (χ0v) is 12.3. The van der Waals surface area contributed by atoms with Crippen molar-refractivity contribution in [3.05, 3.63) is 60.2 Å². The van der Waals surface area contributed by atoms with Gasteiger partial charge in [0.1, 0.15) is 0 Å². The highest BCUT2D eigenvalue weighted by molar-refractivity contribution is 5.90. The molecule has 3 rings (SSSR count). The van der Waals surface area contributed by atoms with Gasteiger partial charge in [-0.2, -0.15) is 4.98 Å². The summed E-state index contributed by atoms with van der Waals surface area (Å²) in [4.78, 5) is 16.7. The normalized spacial score (nSPS) is 10.6. The first kappa shape index (κ1) is 14.1. The Labute approximate surface area is 128 Å². The highest BCUT2D eigenvalue weighted by atomic mass is 16.5. The molecule has 0 aliphatic rings. The lowest BCUT2D eigenvalue weighted by atomic mass is 10.1. The maximum Gasteiger partial charge on any atom is 0.330 e. The lowest BCUT2D eigenvalue weighted by Gasteiger charge is -2.08. The van der Waals surface area contributed by atoms with Gasteiger partial charge in [-0.05, 0) is 24.1 Å². The molecule has 3 aromatic rings. The van der Waals surface area contributed by atoms with Crippen LogP contribution in [0, 0.1) is 0 Å². The lowest BCUT2D eigenvalue weighted by Crippen LogP contribution is -2.30. The third-order valence-corrected chi connectivity index (χ3v) is 3.45. The summed E-state index contributed by atoms with van der Waals surface area (Å²) >= 11 is 0. The molecule has 0 aliphatic carbocycles. The van der Waals surface area contributed by atoms with E-state index in [9.17, 15) is 4.79 Å². The van der Waals surface area contributed by atoms with Crippen molar-refractivity contribution in [3.8, 4) is 6.01 Å². The van der Waals surface area contributed by atoms with Crippen LogP contribution in [0.4, 0.5) is 4.79 Å². The molecule has 0 saturated carbocycles. The fourth-order valence-corrected chi connectivity index (χ4v) is 2.37. The molecule has 22 heavy (non-hydrogen) atoms. The van der Waals surface area contributed by atoms with Crippen LogP contribution in [-0.4, -0.2) is 29.2 Å². The van der Waals surface area contributed by atoms with Gasteiger partial charge in [0, 0.05) is 6.54 Å². The quantitative estimate of drug-likeness (QED) is 0.805. The van der Waals surface area contributed by atoms with Crippen LogP contribution in [-0.2, 0) is 6.42 Å². The largest absolute Gasteiger partial charge is 0.468 e. The summed E-state index contributed by atoms with van der Waals surface area (Å²) in [5, 5.41) is 2.90. The smallest absolute Gasteiger partial charge is 0.330 e. The highest BCUT2D eigenvalue weighted by Gasteiger charge is 2.16. The number of hydrogen-bond donors (Lipinski definition) is 1. The number of fused-ring (bicyclic) bond motifs is 1. The van der Waals surface area contributed by atoms with Crippen LogP contribution in [0.25, 0.3) is 11.0 Å². The van der Waals surface area contributed by atoms with E-state index >= 15 is 0 Å². The minimum atomic E-state index is -0.235. The second kappa shape index (κ2) is 6.30. The van der Waals surface area contributed by atoms with E-state index in [1.54, 1.807) is 0 Å². The highest BCUT2D eigenvalue weighted by Crippen LogP contribution is 2.20. The zero-order chi connectivity index (χ0) is 15.4. The summed E-state index contributed by atoms with van der Waals surface area (Å²) in [6, 6.07) is 17.5. The van der Waals surface area contributed by atoms with Crippen molar-refractivity contribution in [2.45, 2.75) is 6.42 Å². The topological polar surface area (TPSA) is 56.2 Å². The number of imidazole rings is 1. The number of nitrogens with one attached hydrogen (secondary N) is 1. The Morgan fingerprint density at radius 3 is 2.64 bits per heavy atom. The predicted molar refractivity (Wildman–Crippen MR) is 85.2 cm³/mol. The number of nitrogens with zero attached hydrogens (tertiary/aromatic N) is 2. The average Bonchev–Trinajstić information content (AvgIpc) is 2.94. The Morgan fingerprint density at radius 1 is 1.14 bits per heavy atom. The molecule has 0 fully saturated rings. The summed E-state index contributed by atoms with van der Waals surface area (Å²) in [6.45, 7) is 0.554. The van der Waals surface area contributed by atoms with E-state index in [2.05, 4.69) is 10.3 Å². The van der Waals surface area contributed by atoms with Crippen molar-refractivity contribution in [1.29, 1.82) is 0 Å². The molecular weight excluding hydrogens is 278 g/mol. The molecule has 0 spiro atoms. The molecular formula is C17H17N3O2. The van der Waals surface area contributed by atoms with E-state index in [-0.39, 0.29) is 6.03 Å². The molecule has 0 aliphatic heterocycles. The maximum atomic E-state index is 12.4. The number of carbonyl (C=O) groups excluding carboxylic acids is 1. The van der Waals surface area contributed by atoms with Gasteiger partial charge in [0.25, 0.3) is 0 Å². The molecule has 1 aromatic heterocycles. The van der Waals surface area contributed by atoms with Crippen molar-refractivity contribution >= 4 is 17.1 Å². The number of benzene rings is 2. The Balaban J connectivity index is 1.75. The molecule has 0 bridgehead atoms. The summed E-state index contributed by atoms with van der Waals surface area (Å²) < 4.78 is 6.67. The molecule has 1 amide bonds. The molecule has 112 valence electrons. The Hall–Kier alpha value is -2.82. The van der Waals surface area contributed by atoms with Gasteiger partial charge in [-0.1, -0.05) is 42.5 Å². The average molecular weight is 295 g/mol. The van der Waals surface area contributed by atoms with Gasteiger partial charge in [-0.15, -0.1) is 0 Å². The van der Waals surface area contributed by atoms with Crippen LogP contribution < -0.4 is 10.1 Å². The SMILES string of the molecule is COc1nc2ccccc2n1C(=O)NCCc1ccccc1. The van der Waals surface area contributed by atoms with Crippen LogP contribution in [0.3, 0.4) is 0 Å². The second-order valence-electron chi connectivity index (χ2n) is 4.89. The van der Waals surface area contributed by atoms with Crippen molar-refractivity contribution in [3.63, 3.8) is 0 Å². The maximum absolute atomic E-state index is 12.4. The number of ether oxygens (including phenoxy) is 1. The van der Waals surface area contributed by atoms with E-state index in [0.717, 1.165) is 17.5 Å². The van der Waals surface area contributed by atoms with E-state index < -0.39 is 0 Å². The van der Waals surface area contributed by atoms with Crippen LogP contribution in [0.5, 0.6) is 6.01 Å². The van der Waals surface area contributed by atoms with Gasteiger partial charge in [0.2, 0.25) is 0 Å². The number of aromatic nitrogens is 2. The van der Waals surface area contributed by atoms with Gasteiger partial charge in [0.05, 0.1) is 18.1 Å². The standard InChI is InChI=1S/C17H17N3O2/c1-22-17-19-14-9-5-6-10-15(14)20(17)16(21)18-12-11-13-7-3-2-4-8-13/h2-10H,11-12H2,1H3,(H,18,21). The molecule has 0 saturated heterocycles.